The predicted octanol–water partition coefficient (Wildman–Crippen LogP) is 3.28. The summed E-state index contributed by atoms with van der Waals surface area (Å²) in [7, 11) is 0. The highest BCUT2D eigenvalue weighted by molar-refractivity contribution is 5.78. The summed E-state index contributed by atoms with van der Waals surface area (Å²) < 4.78 is 19.0. The van der Waals surface area contributed by atoms with Crippen molar-refractivity contribution in [3.8, 4) is 0 Å². The Morgan fingerprint density at radius 3 is 2.81 bits per heavy atom. The highest BCUT2D eigenvalue weighted by atomic mass is 19.1. The summed E-state index contributed by atoms with van der Waals surface area (Å²) in [5, 5.41) is 8.94. The minimum absolute atomic E-state index is 0.293. The van der Waals surface area contributed by atoms with E-state index in [0.717, 1.165) is 23.4 Å². The molecule has 0 bridgehead atoms. The zero-order chi connectivity index (χ0) is 15.0. The lowest BCUT2D eigenvalue weighted by molar-refractivity contribution is 0.521. The Labute approximate surface area is 121 Å². The predicted molar refractivity (Wildman–Crippen MR) is 78.3 cm³/mol. The lowest BCUT2D eigenvalue weighted by Gasteiger charge is -2.12. The average Bonchev–Trinajstić information content (AvgIpc) is 2.89. The maximum atomic E-state index is 13.3. The van der Waals surface area contributed by atoms with Gasteiger partial charge in [-0.3, -0.25) is 0 Å². The van der Waals surface area contributed by atoms with E-state index < -0.39 is 6.04 Å². The van der Waals surface area contributed by atoms with Gasteiger partial charge < -0.3 is 10.2 Å². The van der Waals surface area contributed by atoms with Crippen molar-refractivity contribution in [2.45, 2.75) is 26.3 Å². The van der Waals surface area contributed by atoms with E-state index in [1.165, 1.54) is 12.1 Å². The number of hydrogen-bond donors (Lipinski definition) is 1. The van der Waals surface area contributed by atoms with Gasteiger partial charge in [-0.2, -0.15) is 10.2 Å². The van der Waals surface area contributed by atoms with Crippen molar-refractivity contribution in [1.29, 1.82) is 0 Å². The van der Waals surface area contributed by atoms with Gasteiger partial charge in [0, 0.05) is 10.9 Å². The van der Waals surface area contributed by atoms with E-state index in [1.54, 1.807) is 12.1 Å². The monoisotopic (exact) mass is 285 g/mol. The Bertz CT molecular complexity index is 797. The number of benzene rings is 1. The molecule has 108 valence electrons. The van der Waals surface area contributed by atoms with Gasteiger partial charge in [0.25, 0.3) is 0 Å². The van der Waals surface area contributed by atoms with Crippen LogP contribution in [0.25, 0.3) is 11.0 Å². The van der Waals surface area contributed by atoms with Gasteiger partial charge >= 0.3 is 0 Å². The normalized spacial score (nSPS) is 12.8. The summed E-state index contributed by atoms with van der Waals surface area (Å²) in [6.45, 7) is 3.88. The molecule has 4 nitrogen and oxygen atoms in total. The largest absolute Gasteiger partial charge is 0.459 e. The van der Waals surface area contributed by atoms with Gasteiger partial charge in [0.1, 0.15) is 17.2 Å². The molecule has 3 rings (SSSR count). The highest BCUT2D eigenvalue weighted by Gasteiger charge is 2.18. The molecule has 21 heavy (non-hydrogen) atoms. The Hall–Kier alpha value is -2.27. The molecular formula is C16H16FN3O. The second-order valence-electron chi connectivity index (χ2n) is 5.05. The number of halogens is 1. The molecule has 0 aliphatic heterocycles. The fourth-order valence-corrected chi connectivity index (χ4v) is 2.42. The van der Waals surface area contributed by atoms with E-state index in [2.05, 4.69) is 10.2 Å². The quantitative estimate of drug-likeness (QED) is 0.802. The number of furan rings is 1. The van der Waals surface area contributed by atoms with Gasteiger partial charge in [-0.05, 0) is 43.7 Å². The average molecular weight is 285 g/mol. The van der Waals surface area contributed by atoms with Gasteiger partial charge in [-0.1, -0.05) is 6.92 Å². The van der Waals surface area contributed by atoms with Crippen LogP contribution in [-0.2, 0) is 6.42 Å². The molecule has 0 aliphatic carbocycles. The van der Waals surface area contributed by atoms with Crippen molar-refractivity contribution in [1.82, 2.24) is 10.2 Å². The molecule has 2 N–H and O–H groups in total. The first-order valence-electron chi connectivity index (χ1n) is 6.86. The first-order valence-corrected chi connectivity index (χ1v) is 6.86. The molecule has 2 heterocycles. The van der Waals surface area contributed by atoms with Gasteiger partial charge in [-0.25, -0.2) is 4.39 Å². The topological polar surface area (TPSA) is 64.9 Å². The van der Waals surface area contributed by atoms with E-state index in [-0.39, 0.29) is 5.82 Å². The maximum Gasteiger partial charge on any atom is 0.134 e. The molecule has 2 aromatic heterocycles. The number of hydrogen-bond acceptors (Lipinski definition) is 4. The van der Waals surface area contributed by atoms with Crippen LogP contribution in [0.3, 0.4) is 0 Å². The zero-order valence-electron chi connectivity index (χ0n) is 11.9. The van der Waals surface area contributed by atoms with Crippen molar-refractivity contribution < 1.29 is 8.81 Å². The fraction of sp³-hybridized carbons (Fsp3) is 0.250. The van der Waals surface area contributed by atoms with Crippen LogP contribution >= 0.6 is 0 Å². The smallest absolute Gasteiger partial charge is 0.134 e. The van der Waals surface area contributed by atoms with Gasteiger partial charge in [0.15, 0.2) is 0 Å². The second kappa shape index (κ2) is 5.26. The van der Waals surface area contributed by atoms with Crippen LogP contribution < -0.4 is 5.73 Å². The molecule has 3 aromatic rings. The number of fused-ring (bicyclic) bond motifs is 1. The van der Waals surface area contributed by atoms with E-state index in [0.29, 0.717) is 16.7 Å². The summed E-state index contributed by atoms with van der Waals surface area (Å²) in [6, 6.07) is 7.67. The standard InChI is InChI=1S/C16H16FN3O/c1-3-13-12(6-9(2)19-20-13)16(18)15-8-10-7-11(17)4-5-14(10)21-15/h4-8,16H,3,18H2,1-2H3. The van der Waals surface area contributed by atoms with Crippen molar-refractivity contribution in [3.63, 3.8) is 0 Å². The van der Waals surface area contributed by atoms with Crippen LogP contribution in [0.5, 0.6) is 0 Å². The third-order valence-electron chi connectivity index (χ3n) is 3.50. The van der Waals surface area contributed by atoms with E-state index >= 15 is 0 Å². The lowest BCUT2D eigenvalue weighted by Crippen LogP contribution is -2.15. The molecule has 0 radical (unpaired) electrons. The molecule has 0 fully saturated rings. The Kier molecular flexibility index (Phi) is 3.43. The first kappa shape index (κ1) is 13.7. The Morgan fingerprint density at radius 1 is 1.24 bits per heavy atom. The summed E-state index contributed by atoms with van der Waals surface area (Å²) in [4.78, 5) is 0. The zero-order valence-corrected chi connectivity index (χ0v) is 11.9. The molecule has 1 aromatic carbocycles. The minimum atomic E-state index is -0.440. The number of rotatable bonds is 3. The van der Waals surface area contributed by atoms with E-state index in [4.69, 9.17) is 10.2 Å². The lowest BCUT2D eigenvalue weighted by atomic mass is 10.0. The summed E-state index contributed by atoms with van der Waals surface area (Å²) in [5.41, 5.74) is 9.48. The fourth-order valence-electron chi connectivity index (χ4n) is 2.42. The first-order chi connectivity index (χ1) is 10.1. The molecule has 0 aliphatic rings. The van der Waals surface area contributed by atoms with E-state index in [9.17, 15) is 4.39 Å². The molecular weight excluding hydrogens is 269 g/mol. The second-order valence-corrected chi connectivity index (χ2v) is 5.05. The van der Waals surface area contributed by atoms with Crippen molar-refractivity contribution in [2.75, 3.05) is 0 Å². The van der Waals surface area contributed by atoms with Gasteiger partial charge in [0.05, 0.1) is 17.4 Å². The van der Waals surface area contributed by atoms with Crippen molar-refractivity contribution in [2.24, 2.45) is 5.73 Å². The highest BCUT2D eigenvalue weighted by Crippen LogP contribution is 2.28. The Morgan fingerprint density at radius 2 is 2.05 bits per heavy atom. The molecule has 1 atom stereocenters. The Balaban J connectivity index is 2.07. The van der Waals surface area contributed by atoms with Crippen LogP contribution in [-0.4, -0.2) is 10.2 Å². The van der Waals surface area contributed by atoms with Crippen LogP contribution in [0.15, 0.2) is 34.7 Å². The van der Waals surface area contributed by atoms with Crippen molar-refractivity contribution in [3.05, 3.63) is 58.9 Å². The number of nitrogens with two attached hydrogens (primary N) is 1. The summed E-state index contributed by atoms with van der Waals surface area (Å²) in [6.07, 6.45) is 0.741. The van der Waals surface area contributed by atoms with Crippen LogP contribution in [0.1, 0.15) is 35.7 Å². The third-order valence-corrected chi connectivity index (χ3v) is 3.50. The number of nitrogens with zero attached hydrogens (tertiary/aromatic N) is 2. The van der Waals surface area contributed by atoms with Gasteiger partial charge in [-0.15, -0.1) is 0 Å². The molecule has 0 saturated carbocycles. The minimum Gasteiger partial charge on any atom is -0.459 e. The van der Waals surface area contributed by atoms with Gasteiger partial charge in [0.2, 0.25) is 0 Å². The molecule has 0 amide bonds. The van der Waals surface area contributed by atoms with Crippen LogP contribution in [0, 0.1) is 12.7 Å². The van der Waals surface area contributed by atoms with Crippen molar-refractivity contribution >= 4 is 11.0 Å². The summed E-state index contributed by atoms with van der Waals surface area (Å²) >= 11 is 0. The van der Waals surface area contributed by atoms with E-state index in [1.807, 2.05) is 19.9 Å². The number of aryl methyl sites for hydroxylation is 2. The molecule has 0 spiro atoms. The molecule has 1 unspecified atom stereocenters. The maximum absolute atomic E-state index is 13.3. The summed E-state index contributed by atoms with van der Waals surface area (Å²) in [5.74, 6) is 0.303. The SMILES string of the molecule is CCc1nnc(C)cc1C(N)c1cc2cc(F)ccc2o1. The molecule has 0 saturated heterocycles. The van der Waals surface area contributed by atoms with Crippen LogP contribution in [0.4, 0.5) is 4.39 Å². The van der Waals surface area contributed by atoms with Crippen LogP contribution in [0.2, 0.25) is 0 Å². The number of aromatic nitrogens is 2. The molecule has 5 heteroatoms. The third kappa shape index (κ3) is 2.52.